The van der Waals surface area contributed by atoms with Crippen molar-refractivity contribution in [1.82, 2.24) is 10.3 Å². The Balaban J connectivity index is 1.76. The van der Waals surface area contributed by atoms with Crippen molar-refractivity contribution in [3.8, 4) is 5.75 Å². The summed E-state index contributed by atoms with van der Waals surface area (Å²) in [6.45, 7) is 6.27. The number of nitrogens with zero attached hydrogens (tertiary/aromatic N) is 2. The summed E-state index contributed by atoms with van der Waals surface area (Å²) in [5.74, 6) is -0.259. The van der Waals surface area contributed by atoms with E-state index in [2.05, 4.69) is 15.3 Å². The van der Waals surface area contributed by atoms with E-state index in [-0.39, 0.29) is 29.7 Å². The van der Waals surface area contributed by atoms with Gasteiger partial charge in [0.25, 0.3) is 5.91 Å². The van der Waals surface area contributed by atoms with Crippen LogP contribution in [0.1, 0.15) is 42.7 Å². The average Bonchev–Trinajstić information content (AvgIpc) is 3.50. The quantitative estimate of drug-likeness (QED) is 0.693. The third kappa shape index (κ3) is 5.58. The van der Waals surface area contributed by atoms with Crippen molar-refractivity contribution in [1.29, 1.82) is 0 Å². The molecule has 5 nitrogen and oxygen atoms in total. The zero-order valence-electron chi connectivity index (χ0n) is 17.1. The van der Waals surface area contributed by atoms with Crippen molar-refractivity contribution in [2.24, 2.45) is 10.9 Å². The fourth-order valence-electron chi connectivity index (χ4n) is 3.09. The molecule has 0 aliphatic carbocycles. The Kier molecular flexibility index (Phi) is 6.43. The minimum absolute atomic E-state index is 0.00526. The van der Waals surface area contributed by atoms with Crippen molar-refractivity contribution < 1.29 is 22.7 Å². The summed E-state index contributed by atoms with van der Waals surface area (Å²) in [5.41, 5.74) is 1.35. The molecule has 2 aromatic rings. The molecule has 30 heavy (non-hydrogen) atoms. The van der Waals surface area contributed by atoms with Gasteiger partial charge in [0.15, 0.2) is 6.10 Å². The Morgan fingerprint density at radius 3 is 2.60 bits per heavy atom. The molecule has 1 atom stereocenters. The Morgan fingerprint density at radius 1 is 1.27 bits per heavy atom. The highest BCUT2D eigenvalue weighted by Gasteiger charge is 2.36. The molecular weight excluding hydrogens is 395 g/mol. The molecule has 8 heteroatoms. The van der Waals surface area contributed by atoms with Crippen molar-refractivity contribution in [3.63, 3.8) is 0 Å². The molecule has 3 rings (SSSR count). The van der Waals surface area contributed by atoms with Crippen LogP contribution in [0.5, 0.6) is 5.75 Å². The molecule has 160 valence electrons. The van der Waals surface area contributed by atoms with E-state index in [0.717, 1.165) is 17.3 Å². The molecule has 0 spiro atoms. The van der Waals surface area contributed by atoms with E-state index in [1.807, 2.05) is 26.8 Å². The number of hydrogen-bond acceptors (Lipinski definition) is 4. The highest BCUT2D eigenvalue weighted by molar-refractivity contribution is 6.11. The normalized spacial score (nSPS) is 14.3. The summed E-state index contributed by atoms with van der Waals surface area (Å²) < 4.78 is 46.1. The molecule has 1 unspecified atom stereocenters. The predicted molar refractivity (Wildman–Crippen MR) is 108 cm³/mol. The topological polar surface area (TPSA) is 63.6 Å². The molecule has 1 aromatic heterocycles. The van der Waals surface area contributed by atoms with Crippen LogP contribution in [0.25, 0.3) is 0 Å². The summed E-state index contributed by atoms with van der Waals surface area (Å²) in [7, 11) is 0. The number of pyridine rings is 1. The van der Waals surface area contributed by atoms with Crippen LogP contribution in [0.3, 0.4) is 0 Å². The van der Waals surface area contributed by atoms with Gasteiger partial charge in [0.2, 0.25) is 0 Å². The van der Waals surface area contributed by atoms with E-state index in [1.165, 1.54) is 12.1 Å². The Labute approximate surface area is 173 Å². The lowest BCUT2D eigenvalue weighted by Gasteiger charge is -2.22. The summed E-state index contributed by atoms with van der Waals surface area (Å²) in [4.78, 5) is 20.8. The van der Waals surface area contributed by atoms with E-state index >= 15 is 0 Å². The van der Waals surface area contributed by atoms with Crippen LogP contribution < -0.4 is 10.1 Å². The standard InChI is InChI=1S/C22H24F3N3O2/c1-13(2)9-20(21(29)28-11-15-5-4-8-26-14(15)3)30-16-6-7-17(19-12-27-19)18(10-16)22(23,24)25/h4-8,10,13,20H,9,11-12H2,1-3H3,(H,28,29). The SMILES string of the molecule is Cc1ncccc1CNC(=O)C(CC(C)C)Oc1ccc(C2=NC2)c(C(F)(F)F)c1. The molecular formula is C22H24F3N3O2. The monoisotopic (exact) mass is 419 g/mol. The summed E-state index contributed by atoms with van der Waals surface area (Å²) in [5, 5.41) is 2.80. The number of rotatable bonds is 8. The minimum Gasteiger partial charge on any atom is -0.481 e. The second-order valence-electron chi connectivity index (χ2n) is 7.67. The van der Waals surface area contributed by atoms with Crippen LogP contribution in [0.2, 0.25) is 0 Å². The lowest BCUT2D eigenvalue weighted by molar-refractivity contribution is -0.137. The molecule has 0 fully saturated rings. The van der Waals surface area contributed by atoms with Gasteiger partial charge in [-0.25, -0.2) is 0 Å². The summed E-state index contributed by atoms with van der Waals surface area (Å²) in [6.07, 6.45) is -3.41. The van der Waals surface area contributed by atoms with Gasteiger partial charge >= 0.3 is 6.18 Å². The fraction of sp³-hybridized carbons (Fsp3) is 0.409. The number of carbonyl (C=O) groups excluding carboxylic acids is 1. The number of aliphatic imine (C=N–C) groups is 1. The van der Waals surface area contributed by atoms with Crippen LogP contribution in [0, 0.1) is 12.8 Å². The van der Waals surface area contributed by atoms with E-state index in [9.17, 15) is 18.0 Å². The van der Waals surface area contributed by atoms with Crippen LogP contribution in [0.15, 0.2) is 41.5 Å². The number of ether oxygens (including phenoxy) is 1. The van der Waals surface area contributed by atoms with Gasteiger partial charge < -0.3 is 10.1 Å². The van der Waals surface area contributed by atoms with Gasteiger partial charge in [0.1, 0.15) is 5.75 Å². The molecule has 0 radical (unpaired) electrons. The molecule has 1 amide bonds. The molecule has 1 aliphatic rings. The van der Waals surface area contributed by atoms with Gasteiger partial charge in [-0.05, 0) is 49.1 Å². The Bertz CT molecular complexity index is 955. The first kappa shape index (κ1) is 21.8. The van der Waals surface area contributed by atoms with Gasteiger partial charge in [-0.1, -0.05) is 19.9 Å². The first-order chi connectivity index (χ1) is 14.1. The van der Waals surface area contributed by atoms with Gasteiger partial charge in [-0.15, -0.1) is 0 Å². The number of alkyl halides is 3. The van der Waals surface area contributed by atoms with E-state index in [1.54, 1.807) is 12.3 Å². The first-order valence-corrected chi connectivity index (χ1v) is 9.75. The average molecular weight is 419 g/mol. The molecule has 0 saturated heterocycles. The number of benzene rings is 1. The molecule has 1 aliphatic heterocycles. The third-order valence-corrected chi connectivity index (χ3v) is 4.75. The molecule has 0 saturated carbocycles. The first-order valence-electron chi connectivity index (χ1n) is 9.75. The Hall–Kier alpha value is -2.90. The number of halogens is 3. The van der Waals surface area contributed by atoms with Crippen molar-refractivity contribution >= 4 is 11.6 Å². The summed E-state index contributed by atoms with van der Waals surface area (Å²) in [6, 6.07) is 7.39. The second kappa shape index (κ2) is 8.85. The van der Waals surface area contributed by atoms with Gasteiger partial charge in [-0.3, -0.25) is 14.8 Å². The van der Waals surface area contributed by atoms with Crippen molar-refractivity contribution in [3.05, 3.63) is 58.9 Å². The van der Waals surface area contributed by atoms with Gasteiger partial charge in [0.05, 0.1) is 17.8 Å². The van der Waals surface area contributed by atoms with Gasteiger partial charge in [-0.2, -0.15) is 13.2 Å². The number of aromatic nitrogens is 1. The number of hydrogen-bond donors (Lipinski definition) is 1. The van der Waals surface area contributed by atoms with E-state index in [4.69, 9.17) is 4.74 Å². The van der Waals surface area contributed by atoms with Crippen LogP contribution in [-0.4, -0.2) is 29.3 Å². The minimum atomic E-state index is -4.53. The summed E-state index contributed by atoms with van der Waals surface area (Å²) >= 11 is 0. The lowest BCUT2D eigenvalue weighted by atomic mass is 10.0. The van der Waals surface area contributed by atoms with Crippen LogP contribution >= 0.6 is 0 Å². The number of carbonyl (C=O) groups is 1. The molecule has 1 aromatic carbocycles. The zero-order chi connectivity index (χ0) is 21.9. The van der Waals surface area contributed by atoms with Crippen LogP contribution in [-0.2, 0) is 17.5 Å². The third-order valence-electron chi connectivity index (χ3n) is 4.75. The van der Waals surface area contributed by atoms with Crippen molar-refractivity contribution in [2.45, 2.75) is 46.0 Å². The highest BCUT2D eigenvalue weighted by atomic mass is 19.4. The maximum atomic E-state index is 13.5. The second-order valence-corrected chi connectivity index (χ2v) is 7.67. The van der Waals surface area contributed by atoms with E-state index < -0.39 is 17.8 Å². The lowest BCUT2D eigenvalue weighted by Crippen LogP contribution is -2.39. The molecule has 0 bridgehead atoms. The molecule has 1 N–H and O–H groups in total. The largest absolute Gasteiger partial charge is 0.481 e. The van der Waals surface area contributed by atoms with E-state index in [0.29, 0.717) is 18.7 Å². The Morgan fingerprint density at radius 2 is 2.00 bits per heavy atom. The highest BCUT2D eigenvalue weighted by Crippen LogP contribution is 2.36. The fourth-order valence-corrected chi connectivity index (χ4v) is 3.09. The zero-order valence-corrected chi connectivity index (χ0v) is 17.1. The predicted octanol–water partition coefficient (Wildman–Crippen LogP) is 4.32. The van der Waals surface area contributed by atoms with Crippen molar-refractivity contribution in [2.75, 3.05) is 6.54 Å². The smallest absolute Gasteiger partial charge is 0.417 e. The maximum Gasteiger partial charge on any atom is 0.417 e. The number of amides is 1. The maximum absolute atomic E-state index is 13.5. The number of nitrogens with one attached hydrogen (secondary N) is 1. The van der Waals surface area contributed by atoms with Crippen LogP contribution in [0.4, 0.5) is 13.2 Å². The number of aryl methyl sites for hydroxylation is 1. The van der Waals surface area contributed by atoms with Gasteiger partial charge in [0, 0.05) is 24.0 Å². The molecule has 2 heterocycles.